The molecular weight excluding hydrogens is 288 g/mol. The Morgan fingerprint density at radius 2 is 1.83 bits per heavy atom. The molecule has 0 saturated carbocycles. The molecular formula is C19H18N2O2. The van der Waals surface area contributed by atoms with Gasteiger partial charge in [-0.25, -0.2) is 4.98 Å². The van der Waals surface area contributed by atoms with E-state index in [0.29, 0.717) is 5.82 Å². The van der Waals surface area contributed by atoms with Crippen molar-refractivity contribution in [3.05, 3.63) is 71.8 Å². The predicted octanol–water partition coefficient (Wildman–Crippen LogP) is 3.78. The van der Waals surface area contributed by atoms with Crippen LogP contribution in [-0.2, 0) is 11.2 Å². The molecule has 1 N–H and O–H groups in total. The molecule has 23 heavy (non-hydrogen) atoms. The van der Waals surface area contributed by atoms with Gasteiger partial charge in [0.05, 0.1) is 5.69 Å². The molecule has 0 radical (unpaired) electrons. The van der Waals surface area contributed by atoms with Gasteiger partial charge in [-0.2, -0.15) is 0 Å². The van der Waals surface area contributed by atoms with Gasteiger partial charge in [-0.15, -0.1) is 0 Å². The molecule has 116 valence electrons. The zero-order chi connectivity index (χ0) is 16.4. The van der Waals surface area contributed by atoms with E-state index in [0.717, 1.165) is 16.9 Å². The number of imidazole rings is 1. The minimum Gasteiger partial charge on any atom is -0.481 e. The van der Waals surface area contributed by atoms with E-state index in [1.165, 1.54) is 11.1 Å². The maximum absolute atomic E-state index is 11.0. The Balaban J connectivity index is 1.95. The molecule has 0 bridgehead atoms. The van der Waals surface area contributed by atoms with E-state index in [4.69, 9.17) is 5.11 Å². The van der Waals surface area contributed by atoms with Crippen LogP contribution in [0.1, 0.15) is 17.1 Å². The number of hydrogen-bond donors (Lipinski definition) is 1. The van der Waals surface area contributed by atoms with Gasteiger partial charge in [0.1, 0.15) is 12.2 Å². The standard InChI is InChI=1S/C19H18N2O2/c1-13-4-3-5-16(10-13)15-6-8-17(9-7-15)21-12-14(2)20-18(21)11-19(22)23/h3-10,12H,11H2,1-2H3,(H,22,23). The number of aryl methyl sites for hydroxylation is 2. The van der Waals surface area contributed by atoms with Crippen LogP contribution in [0.25, 0.3) is 16.8 Å². The van der Waals surface area contributed by atoms with Crippen molar-refractivity contribution < 1.29 is 9.90 Å². The molecule has 3 aromatic rings. The lowest BCUT2D eigenvalue weighted by Gasteiger charge is -2.08. The largest absolute Gasteiger partial charge is 0.481 e. The van der Waals surface area contributed by atoms with Gasteiger partial charge in [-0.3, -0.25) is 4.79 Å². The monoisotopic (exact) mass is 306 g/mol. The minimum absolute atomic E-state index is 0.0898. The number of aliphatic carboxylic acids is 1. The Bertz CT molecular complexity index is 848. The molecule has 0 aliphatic rings. The fourth-order valence-electron chi connectivity index (χ4n) is 2.67. The summed E-state index contributed by atoms with van der Waals surface area (Å²) in [7, 11) is 0. The van der Waals surface area contributed by atoms with Crippen LogP contribution in [0.5, 0.6) is 0 Å². The van der Waals surface area contributed by atoms with Crippen molar-refractivity contribution in [1.29, 1.82) is 0 Å². The summed E-state index contributed by atoms with van der Waals surface area (Å²) in [5.41, 5.74) is 5.25. The summed E-state index contributed by atoms with van der Waals surface area (Å²) in [5, 5.41) is 9.01. The molecule has 1 aromatic heterocycles. The van der Waals surface area contributed by atoms with Crippen LogP contribution in [0.4, 0.5) is 0 Å². The molecule has 2 aromatic carbocycles. The summed E-state index contributed by atoms with van der Waals surface area (Å²) < 4.78 is 1.84. The fourth-order valence-corrected chi connectivity index (χ4v) is 2.67. The third-order valence-corrected chi connectivity index (χ3v) is 3.71. The second-order valence-electron chi connectivity index (χ2n) is 5.66. The smallest absolute Gasteiger partial charge is 0.311 e. The van der Waals surface area contributed by atoms with E-state index in [1.807, 2.05) is 48.0 Å². The van der Waals surface area contributed by atoms with Crippen LogP contribution in [-0.4, -0.2) is 20.6 Å². The summed E-state index contributed by atoms with van der Waals surface area (Å²) in [6.07, 6.45) is 1.77. The van der Waals surface area contributed by atoms with Gasteiger partial charge >= 0.3 is 5.97 Å². The molecule has 4 nitrogen and oxygen atoms in total. The number of benzene rings is 2. The van der Waals surface area contributed by atoms with Gasteiger partial charge in [0.2, 0.25) is 0 Å². The van der Waals surface area contributed by atoms with Crippen LogP contribution in [0, 0.1) is 13.8 Å². The number of carboxylic acid groups (broad SMARTS) is 1. The number of hydrogen-bond acceptors (Lipinski definition) is 2. The predicted molar refractivity (Wildman–Crippen MR) is 89.8 cm³/mol. The summed E-state index contributed by atoms with van der Waals surface area (Å²) in [6.45, 7) is 3.94. The third-order valence-electron chi connectivity index (χ3n) is 3.71. The molecule has 0 saturated heterocycles. The van der Waals surface area contributed by atoms with Crippen molar-refractivity contribution in [3.63, 3.8) is 0 Å². The quantitative estimate of drug-likeness (QED) is 0.798. The van der Waals surface area contributed by atoms with Gasteiger partial charge in [-0.05, 0) is 37.1 Å². The molecule has 0 amide bonds. The van der Waals surface area contributed by atoms with E-state index in [1.54, 1.807) is 0 Å². The Labute approximate surface area is 135 Å². The maximum Gasteiger partial charge on any atom is 0.311 e. The molecule has 0 unspecified atom stereocenters. The maximum atomic E-state index is 11.0. The van der Waals surface area contributed by atoms with Gasteiger partial charge in [0.25, 0.3) is 0 Å². The van der Waals surface area contributed by atoms with E-state index in [9.17, 15) is 4.79 Å². The first-order valence-electron chi connectivity index (χ1n) is 7.47. The second-order valence-corrected chi connectivity index (χ2v) is 5.66. The number of carboxylic acids is 1. The van der Waals surface area contributed by atoms with Crippen molar-refractivity contribution in [3.8, 4) is 16.8 Å². The normalized spacial score (nSPS) is 10.7. The molecule has 0 atom stereocenters. The number of aromatic nitrogens is 2. The minimum atomic E-state index is -0.881. The zero-order valence-electron chi connectivity index (χ0n) is 13.2. The SMILES string of the molecule is Cc1cccc(-c2ccc(-n3cc(C)nc3CC(=O)O)cc2)c1. The van der Waals surface area contributed by atoms with Crippen LogP contribution in [0.2, 0.25) is 0 Å². The highest BCUT2D eigenvalue weighted by molar-refractivity contribution is 5.69. The average Bonchev–Trinajstić information content (AvgIpc) is 2.87. The lowest BCUT2D eigenvalue weighted by atomic mass is 10.0. The fraction of sp³-hybridized carbons (Fsp3) is 0.158. The molecule has 4 heteroatoms. The molecule has 3 rings (SSSR count). The zero-order valence-corrected chi connectivity index (χ0v) is 13.2. The highest BCUT2D eigenvalue weighted by atomic mass is 16.4. The Morgan fingerprint density at radius 3 is 2.48 bits per heavy atom. The first kappa shape index (κ1) is 15.0. The number of rotatable bonds is 4. The van der Waals surface area contributed by atoms with Crippen molar-refractivity contribution in [2.75, 3.05) is 0 Å². The molecule has 0 spiro atoms. The molecule has 0 aliphatic heterocycles. The van der Waals surface area contributed by atoms with Crippen LogP contribution in [0.3, 0.4) is 0 Å². The topological polar surface area (TPSA) is 55.1 Å². The number of carbonyl (C=O) groups is 1. The molecule has 0 aliphatic carbocycles. The summed E-state index contributed by atoms with van der Waals surface area (Å²) in [6, 6.07) is 16.4. The lowest BCUT2D eigenvalue weighted by Crippen LogP contribution is -2.07. The van der Waals surface area contributed by atoms with Gasteiger partial charge in [-0.1, -0.05) is 42.0 Å². The highest BCUT2D eigenvalue weighted by Gasteiger charge is 2.11. The lowest BCUT2D eigenvalue weighted by molar-refractivity contribution is -0.136. The number of nitrogens with zero attached hydrogens (tertiary/aromatic N) is 2. The average molecular weight is 306 g/mol. The summed E-state index contributed by atoms with van der Waals surface area (Å²) in [4.78, 5) is 15.3. The van der Waals surface area contributed by atoms with Gasteiger partial charge in [0.15, 0.2) is 0 Å². The van der Waals surface area contributed by atoms with Gasteiger partial charge in [0, 0.05) is 11.9 Å². The van der Waals surface area contributed by atoms with Crippen molar-refractivity contribution in [2.24, 2.45) is 0 Å². The third kappa shape index (κ3) is 3.31. The van der Waals surface area contributed by atoms with E-state index >= 15 is 0 Å². The Morgan fingerprint density at radius 1 is 1.09 bits per heavy atom. The van der Waals surface area contributed by atoms with Crippen molar-refractivity contribution in [2.45, 2.75) is 20.3 Å². The molecule has 0 fully saturated rings. The van der Waals surface area contributed by atoms with Crippen molar-refractivity contribution >= 4 is 5.97 Å². The summed E-state index contributed by atoms with van der Waals surface area (Å²) >= 11 is 0. The van der Waals surface area contributed by atoms with Crippen LogP contribution < -0.4 is 0 Å². The van der Waals surface area contributed by atoms with E-state index in [2.05, 4.69) is 30.1 Å². The van der Waals surface area contributed by atoms with Gasteiger partial charge < -0.3 is 9.67 Å². The Kier molecular flexibility index (Phi) is 3.98. The Hall–Kier alpha value is -2.88. The van der Waals surface area contributed by atoms with Crippen LogP contribution in [0.15, 0.2) is 54.7 Å². The molecule has 1 heterocycles. The summed E-state index contributed by atoms with van der Waals surface area (Å²) in [5.74, 6) is -0.341. The highest BCUT2D eigenvalue weighted by Crippen LogP contribution is 2.23. The second kappa shape index (κ2) is 6.08. The first-order valence-corrected chi connectivity index (χ1v) is 7.47. The van der Waals surface area contributed by atoms with E-state index in [-0.39, 0.29) is 6.42 Å². The first-order chi connectivity index (χ1) is 11.0. The van der Waals surface area contributed by atoms with Crippen LogP contribution >= 0.6 is 0 Å². The van der Waals surface area contributed by atoms with E-state index < -0.39 is 5.97 Å². The van der Waals surface area contributed by atoms with Crippen molar-refractivity contribution in [1.82, 2.24) is 9.55 Å².